The lowest BCUT2D eigenvalue weighted by molar-refractivity contribution is -0.136. The van der Waals surface area contributed by atoms with E-state index in [0.29, 0.717) is 11.1 Å². The molecule has 1 aromatic carbocycles. The van der Waals surface area contributed by atoms with Crippen LogP contribution in [0.3, 0.4) is 0 Å². The van der Waals surface area contributed by atoms with Crippen molar-refractivity contribution in [2.24, 2.45) is 5.73 Å². The molecule has 3 N–H and O–H groups in total. The van der Waals surface area contributed by atoms with Crippen molar-refractivity contribution in [2.75, 3.05) is 0 Å². The van der Waals surface area contributed by atoms with Crippen LogP contribution in [0.25, 0.3) is 0 Å². The molecule has 0 saturated carbocycles. The Hall–Kier alpha value is -1.57. The summed E-state index contributed by atoms with van der Waals surface area (Å²) in [6.07, 6.45) is -0.215. The van der Waals surface area contributed by atoms with Gasteiger partial charge in [0.05, 0.1) is 17.0 Å². The van der Waals surface area contributed by atoms with E-state index in [2.05, 4.69) is 0 Å². The van der Waals surface area contributed by atoms with Crippen molar-refractivity contribution in [2.45, 2.75) is 13.0 Å². The monoisotopic (exact) mass is 224 g/mol. The fraction of sp³-hybridized carbons (Fsp3) is 0.200. The van der Waals surface area contributed by atoms with Crippen molar-refractivity contribution in [3.63, 3.8) is 0 Å². The summed E-state index contributed by atoms with van der Waals surface area (Å²) in [6, 6.07) is 5.10. The maximum Gasteiger partial charge on any atom is 0.307 e. The molecule has 0 heterocycles. The van der Waals surface area contributed by atoms with Crippen LogP contribution in [-0.2, 0) is 17.8 Å². The number of nitriles is 1. The van der Waals surface area contributed by atoms with Crippen molar-refractivity contribution in [3.8, 4) is 6.07 Å². The number of hydrogen-bond donors (Lipinski definition) is 2. The van der Waals surface area contributed by atoms with Crippen LogP contribution in [0, 0.1) is 11.3 Å². The minimum absolute atomic E-state index is 0.196. The summed E-state index contributed by atoms with van der Waals surface area (Å²) in [5.41, 5.74) is 6.66. The highest BCUT2D eigenvalue weighted by Crippen LogP contribution is 2.24. The number of hydrogen-bond acceptors (Lipinski definition) is 3. The van der Waals surface area contributed by atoms with Crippen LogP contribution in [0.4, 0.5) is 0 Å². The van der Waals surface area contributed by atoms with Crippen molar-refractivity contribution < 1.29 is 9.90 Å². The van der Waals surface area contributed by atoms with Gasteiger partial charge >= 0.3 is 5.97 Å². The molecule has 4 nitrogen and oxygen atoms in total. The lowest BCUT2D eigenvalue weighted by atomic mass is 10.0. The Labute approximate surface area is 91.9 Å². The zero-order chi connectivity index (χ0) is 11.4. The first-order valence-corrected chi connectivity index (χ1v) is 4.60. The molecule has 1 rings (SSSR count). The van der Waals surface area contributed by atoms with Gasteiger partial charge in [0.2, 0.25) is 0 Å². The summed E-state index contributed by atoms with van der Waals surface area (Å²) in [5.74, 6) is -0.997. The van der Waals surface area contributed by atoms with Gasteiger partial charge in [-0.05, 0) is 11.1 Å². The van der Waals surface area contributed by atoms with Crippen LogP contribution < -0.4 is 5.73 Å². The van der Waals surface area contributed by atoms with Gasteiger partial charge in [0.25, 0.3) is 0 Å². The Morgan fingerprint density at radius 1 is 1.53 bits per heavy atom. The summed E-state index contributed by atoms with van der Waals surface area (Å²) in [7, 11) is 0. The van der Waals surface area contributed by atoms with E-state index in [-0.39, 0.29) is 23.6 Å². The number of rotatable bonds is 3. The van der Waals surface area contributed by atoms with Crippen LogP contribution >= 0.6 is 11.6 Å². The van der Waals surface area contributed by atoms with Gasteiger partial charge in [-0.3, -0.25) is 4.79 Å². The third-order valence-electron chi connectivity index (χ3n) is 1.98. The van der Waals surface area contributed by atoms with Crippen molar-refractivity contribution in [3.05, 3.63) is 33.8 Å². The number of nitrogens with zero attached hydrogens (tertiary/aromatic N) is 1. The molecular formula is C10H9ClN2O2. The zero-order valence-electron chi connectivity index (χ0n) is 7.83. The van der Waals surface area contributed by atoms with E-state index >= 15 is 0 Å². The number of carboxylic acid groups (broad SMARTS) is 1. The fourth-order valence-electron chi connectivity index (χ4n) is 1.25. The molecule has 0 radical (unpaired) electrons. The molecule has 0 spiro atoms. The Morgan fingerprint density at radius 3 is 2.60 bits per heavy atom. The maximum atomic E-state index is 10.5. The summed E-state index contributed by atoms with van der Waals surface area (Å²) < 4.78 is 0. The van der Waals surface area contributed by atoms with Gasteiger partial charge < -0.3 is 10.8 Å². The zero-order valence-corrected chi connectivity index (χ0v) is 8.58. The highest BCUT2D eigenvalue weighted by molar-refractivity contribution is 6.32. The molecule has 0 aliphatic rings. The molecule has 78 valence electrons. The Bertz CT molecular complexity index is 438. The lowest BCUT2D eigenvalue weighted by Crippen LogP contribution is -2.05. The number of carbonyl (C=O) groups is 1. The molecule has 0 unspecified atom stereocenters. The molecular weight excluding hydrogens is 216 g/mol. The van der Waals surface area contributed by atoms with E-state index in [0.717, 1.165) is 0 Å². The summed E-state index contributed by atoms with van der Waals surface area (Å²) in [4.78, 5) is 10.5. The van der Waals surface area contributed by atoms with Crippen molar-refractivity contribution in [1.29, 1.82) is 5.26 Å². The predicted molar refractivity (Wildman–Crippen MR) is 55.4 cm³/mol. The average molecular weight is 225 g/mol. The average Bonchev–Trinajstić information content (AvgIpc) is 2.18. The van der Waals surface area contributed by atoms with Gasteiger partial charge in [-0.1, -0.05) is 23.7 Å². The first kappa shape index (κ1) is 11.5. The number of nitrogens with two attached hydrogens (primary N) is 1. The molecule has 0 aliphatic carbocycles. The molecule has 0 atom stereocenters. The molecule has 0 bridgehead atoms. The second-order valence-corrected chi connectivity index (χ2v) is 3.34. The third-order valence-corrected chi connectivity index (χ3v) is 2.41. The Balaban J connectivity index is 3.26. The molecule has 1 aromatic rings. The predicted octanol–water partition coefficient (Wildman–Crippen LogP) is 1.30. The molecule has 0 aliphatic heterocycles. The van der Waals surface area contributed by atoms with Gasteiger partial charge in [-0.2, -0.15) is 5.26 Å². The van der Waals surface area contributed by atoms with E-state index in [1.165, 1.54) is 0 Å². The Morgan fingerprint density at radius 2 is 2.13 bits per heavy atom. The Kier molecular flexibility index (Phi) is 3.67. The normalized spacial score (nSPS) is 9.67. The van der Waals surface area contributed by atoms with Crippen LogP contribution in [0.2, 0.25) is 5.02 Å². The maximum absolute atomic E-state index is 10.5. The second-order valence-electron chi connectivity index (χ2n) is 2.96. The van der Waals surface area contributed by atoms with Gasteiger partial charge in [0, 0.05) is 6.54 Å². The highest BCUT2D eigenvalue weighted by atomic mass is 35.5. The largest absolute Gasteiger partial charge is 0.481 e. The highest BCUT2D eigenvalue weighted by Gasteiger charge is 2.12. The van der Waals surface area contributed by atoms with E-state index in [9.17, 15) is 4.79 Å². The fourth-order valence-corrected chi connectivity index (χ4v) is 1.55. The van der Waals surface area contributed by atoms with E-state index in [4.69, 9.17) is 27.7 Å². The molecule has 5 heteroatoms. The number of halogens is 1. The first-order chi connectivity index (χ1) is 7.10. The summed E-state index contributed by atoms with van der Waals surface area (Å²) >= 11 is 5.90. The van der Waals surface area contributed by atoms with Crippen LogP contribution in [0.1, 0.15) is 16.7 Å². The van der Waals surface area contributed by atoms with Crippen molar-refractivity contribution >= 4 is 17.6 Å². The van der Waals surface area contributed by atoms with Gasteiger partial charge in [-0.15, -0.1) is 0 Å². The standard InChI is InChI=1S/C10H9ClN2O2/c11-10-7(4-12)2-1-6(3-9(14)15)8(10)5-13/h1-2H,3-4,12H2,(H,14,15). The molecule has 0 amide bonds. The van der Waals surface area contributed by atoms with Crippen LogP contribution in [0.5, 0.6) is 0 Å². The molecule has 15 heavy (non-hydrogen) atoms. The lowest BCUT2D eigenvalue weighted by Gasteiger charge is -2.06. The first-order valence-electron chi connectivity index (χ1n) is 4.22. The summed E-state index contributed by atoms with van der Waals surface area (Å²) in [6.45, 7) is 0.223. The number of benzene rings is 1. The van der Waals surface area contributed by atoms with E-state index in [1.54, 1.807) is 12.1 Å². The smallest absolute Gasteiger partial charge is 0.307 e. The number of carboxylic acids is 1. The molecule has 0 saturated heterocycles. The molecule has 0 fully saturated rings. The van der Waals surface area contributed by atoms with Crippen LogP contribution in [0.15, 0.2) is 12.1 Å². The minimum atomic E-state index is -0.997. The minimum Gasteiger partial charge on any atom is -0.481 e. The summed E-state index contributed by atoms with van der Waals surface area (Å²) in [5, 5.41) is 17.7. The van der Waals surface area contributed by atoms with Crippen LogP contribution in [-0.4, -0.2) is 11.1 Å². The van der Waals surface area contributed by atoms with Gasteiger partial charge in [0.15, 0.2) is 0 Å². The SMILES string of the molecule is N#Cc1c(CC(=O)O)ccc(CN)c1Cl. The van der Waals surface area contributed by atoms with Crippen molar-refractivity contribution in [1.82, 2.24) is 0 Å². The number of aliphatic carboxylic acids is 1. The van der Waals surface area contributed by atoms with E-state index < -0.39 is 5.97 Å². The van der Waals surface area contributed by atoms with E-state index in [1.807, 2.05) is 6.07 Å². The quantitative estimate of drug-likeness (QED) is 0.810. The topological polar surface area (TPSA) is 87.1 Å². The third kappa shape index (κ3) is 2.46. The van der Waals surface area contributed by atoms with Gasteiger partial charge in [-0.25, -0.2) is 0 Å². The van der Waals surface area contributed by atoms with Gasteiger partial charge in [0.1, 0.15) is 6.07 Å². The molecule has 0 aromatic heterocycles. The second kappa shape index (κ2) is 4.78.